The first kappa shape index (κ1) is 24.3. The molecule has 1 saturated carbocycles. The van der Waals surface area contributed by atoms with Crippen LogP contribution in [0, 0.1) is 0 Å². The van der Waals surface area contributed by atoms with Crippen molar-refractivity contribution in [2.24, 2.45) is 0 Å². The molecule has 4 heterocycles. The molecule has 3 aliphatic rings. The SMILES string of the molecule is CC(C)(C)SN1C[C@@H](N2CCOc3cc(Cl)cc(-c4ccpc5cc(CO)sc45)c32)CC12CCC2. The summed E-state index contributed by atoms with van der Waals surface area (Å²) >= 11 is 10.4. The molecule has 1 aromatic carbocycles. The van der Waals surface area contributed by atoms with Gasteiger partial charge in [-0.1, -0.05) is 31.7 Å². The topological polar surface area (TPSA) is 35.9 Å². The van der Waals surface area contributed by atoms with Crippen molar-refractivity contribution in [2.75, 3.05) is 24.6 Å². The van der Waals surface area contributed by atoms with Crippen molar-refractivity contribution >= 4 is 58.6 Å². The molecule has 3 aromatic rings. The van der Waals surface area contributed by atoms with Crippen LogP contribution in [0.25, 0.3) is 20.9 Å². The van der Waals surface area contributed by atoms with Crippen LogP contribution in [0.4, 0.5) is 5.69 Å². The van der Waals surface area contributed by atoms with E-state index < -0.39 is 0 Å². The van der Waals surface area contributed by atoms with Gasteiger partial charge in [0, 0.05) is 59.8 Å². The number of aliphatic hydroxyl groups is 1. The minimum absolute atomic E-state index is 0.0782. The van der Waals surface area contributed by atoms with E-state index in [1.807, 2.05) is 18.0 Å². The average molecular weight is 547 g/mol. The van der Waals surface area contributed by atoms with Crippen molar-refractivity contribution < 1.29 is 9.84 Å². The van der Waals surface area contributed by atoms with Crippen molar-refractivity contribution in [2.45, 2.75) is 69.4 Å². The van der Waals surface area contributed by atoms with E-state index in [-0.39, 0.29) is 11.4 Å². The summed E-state index contributed by atoms with van der Waals surface area (Å²) in [4.78, 5) is 3.63. The minimum Gasteiger partial charge on any atom is -0.489 e. The van der Waals surface area contributed by atoms with E-state index in [2.05, 4.69) is 54.0 Å². The molecule has 1 N–H and O–H groups in total. The van der Waals surface area contributed by atoms with Gasteiger partial charge in [0.1, 0.15) is 12.4 Å². The van der Waals surface area contributed by atoms with Crippen molar-refractivity contribution in [1.82, 2.24) is 4.31 Å². The molecule has 4 nitrogen and oxygen atoms in total. The number of rotatable bonds is 4. The minimum atomic E-state index is 0.0782. The lowest BCUT2D eigenvalue weighted by Crippen LogP contribution is -2.47. The Morgan fingerprint density at radius 3 is 2.80 bits per heavy atom. The maximum atomic E-state index is 9.77. The fourth-order valence-corrected chi connectivity index (χ4v) is 9.65. The van der Waals surface area contributed by atoms with Gasteiger partial charge in [0.15, 0.2) is 0 Å². The fourth-order valence-electron chi connectivity index (χ4n) is 5.90. The third-order valence-corrected chi connectivity index (χ3v) is 11.2. The third-order valence-electron chi connectivity index (χ3n) is 7.46. The third kappa shape index (κ3) is 4.39. The molecule has 35 heavy (non-hydrogen) atoms. The molecule has 8 heteroatoms. The number of benzene rings is 1. The van der Waals surface area contributed by atoms with Crippen LogP contribution in [-0.2, 0) is 6.61 Å². The van der Waals surface area contributed by atoms with E-state index in [0.29, 0.717) is 23.2 Å². The first-order chi connectivity index (χ1) is 16.8. The molecule has 2 fully saturated rings. The van der Waals surface area contributed by atoms with E-state index >= 15 is 0 Å². The van der Waals surface area contributed by atoms with E-state index in [1.54, 1.807) is 11.3 Å². The van der Waals surface area contributed by atoms with Crippen LogP contribution < -0.4 is 9.64 Å². The molecule has 0 bridgehead atoms. The lowest BCUT2D eigenvalue weighted by Gasteiger charge is -2.47. The smallest absolute Gasteiger partial charge is 0.144 e. The zero-order valence-electron chi connectivity index (χ0n) is 20.5. The van der Waals surface area contributed by atoms with E-state index in [0.717, 1.165) is 29.3 Å². The predicted octanol–water partition coefficient (Wildman–Crippen LogP) is 7.94. The summed E-state index contributed by atoms with van der Waals surface area (Å²) < 4.78 is 10.4. The molecule has 1 aliphatic carbocycles. The number of hydrogen-bond donors (Lipinski definition) is 1. The van der Waals surface area contributed by atoms with Gasteiger partial charge >= 0.3 is 0 Å². The Labute approximate surface area is 222 Å². The maximum absolute atomic E-state index is 9.77. The zero-order chi connectivity index (χ0) is 24.4. The monoisotopic (exact) mass is 546 g/mol. The number of thiophene rings is 1. The number of halogens is 1. The van der Waals surface area contributed by atoms with E-state index in [4.69, 9.17) is 16.3 Å². The second-order valence-electron chi connectivity index (χ2n) is 11.0. The molecule has 2 aliphatic heterocycles. The second kappa shape index (κ2) is 9.08. The molecule has 0 amide bonds. The summed E-state index contributed by atoms with van der Waals surface area (Å²) in [6.07, 6.45) is 5.16. The number of fused-ring (bicyclic) bond motifs is 2. The van der Waals surface area contributed by atoms with Gasteiger partial charge in [-0.2, -0.15) is 0 Å². The maximum Gasteiger partial charge on any atom is 0.144 e. The average Bonchev–Trinajstić information content (AvgIpc) is 3.38. The largest absolute Gasteiger partial charge is 0.489 e. The number of nitrogens with zero attached hydrogens (tertiary/aromatic N) is 2. The van der Waals surface area contributed by atoms with Gasteiger partial charge in [-0.3, -0.25) is 0 Å². The second-order valence-corrected chi connectivity index (χ2v) is 15.4. The lowest BCUT2D eigenvalue weighted by molar-refractivity contribution is 0.136. The molecule has 2 aromatic heterocycles. The highest BCUT2D eigenvalue weighted by atomic mass is 35.5. The number of hydrogen-bond acceptors (Lipinski definition) is 6. The van der Waals surface area contributed by atoms with Gasteiger partial charge < -0.3 is 14.7 Å². The molecular formula is C27H32ClN2O2PS2. The lowest BCUT2D eigenvalue weighted by atomic mass is 9.75. The standard InChI is InChI=1S/C27H32ClN2O2PS2/c1-26(2,3)35-30-15-18(14-27(30)6-4-7-27)29-8-9-32-22-12-17(28)11-21(24(22)29)20-5-10-33-23-13-19(16-31)34-25(20)23/h5,10-13,18,31H,4,6-9,14-16H2,1-3H3/t18-/m0/s1. The van der Waals surface area contributed by atoms with Crippen LogP contribution in [0.1, 0.15) is 51.3 Å². The van der Waals surface area contributed by atoms with Crippen molar-refractivity contribution in [3.8, 4) is 16.9 Å². The Balaban J connectivity index is 1.44. The van der Waals surface area contributed by atoms with Crippen molar-refractivity contribution in [3.05, 3.63) is 40.0 Å². The van der Waals surface area contributed by atoms with Crippen LogP contribution in [0.2, 0.25) is 5.02 Å². The summed E-state index contributed by atoms with van der Waals surface area (Å²) in [5, 5.41) is 11.7. The summed E-state index contributed by atoms with van der Waals surface area (Å²) in [5.41, 5.74) is 3.86. The van der Waals surface area contributed by atoms with Crippen LogP contribution in [0.15, 0.2) is 30.1 Å². The van der Waals surface area contributed by atoms with Gasteiger partial charge in [0.05, 0.1) is 18.8 Å². The number of anilines is 1. The molecule has 186 valence electrons. The number of aliphatic hydroxyl groups excluding tert-OH is 1. The normalized spacial score (nSPS) is 22.1. The Morgan fingerprint density at radius 1 is 1.26 bits per heavy atom. The zero-order valence-corrected chi connectivity index (χ0v) is 23.8. The highest BCUT2D eigenvalue weighted by molar-refractivity contribution is 7.98. The van der Waals surface area contributed by atoms with Crippen LogP contribution in [-0.4, -0.2) is 45.4 Å². The number of ether oxygens (including phenoxy) is 1. The molecule has 6 rings (SSSR count). The Bertz CT molecular complexity index is 1270. The quantitative estimate of drug-likeness (QED) is 0.336. The molecule has 1 saturated heterocycles. The summed E-state index contributed by atoms with van der Waals surface area (Å²) in [5.74, 6) is 3.10. The van der Waals surface area contributed by atoms with Gasteiger partial charge in [-0.15, -0.1) is 11.3 Å². The van der Waals surface area contributed by atoms with Crippen LogP contribution in [0.3, 0.4) is 0 Å². The molecule has 0 unspecified atom stereocenters. The summed E-state index contributed by atoms with van der Waals surface area (Å²) in [7, 11) is 1.18. The van der Waals surface area contributed by atoms with E-state index in [9.17, 15) is 5.11 Å². The van der Waals surface area contributed by atoms with Gasteiger partial charge in [0.2, 0.25) is 0 Å². The molecule has 1 atom stereocenters. The Morgan fingerprint density at radius 2 is 2.09 bits per heavy atom. The van der Waals surface area contributed by atoms with E-state index in [1.165, 1.54) is 54.9 Å². The first-order valence-electron chi connectivity index (χ1n) is 12.4. The van der Waals surface area contributed by atoms with Crippen molar-refractivity contribution in [3.63, 3.8) is 0 Å². The molecule has 0 radical (unpaired) electrons. The summed E-state index contributed by atoms with van der Waals surface area (Å²) in [6.45, 7) is 9.71. The van der Waals surface area contributed by atoms with Gasteiger partial charge in [-0.05, 0) is 70.5 Å². The molecule has 1 spiro atoms. The predicted molar refractivity (Wildman–Crippen MR) is 153 cm³/mol. The van der Waals surface area contributed by atoms with Crippen LogP contribution >= 0.6 is 43.1 Å². The van der Waals surface area contributed by atoms with Gasteiger partial charge in [0.25, 0.3) is 0 Å². The fraction of sp³-hybridized carbons (Fsp3) is 0.519. The first-order valence-corrected chi connectivity index (χ1v) is 15.4. The highest BCUT2D eigenvalue weighted by Gasteiger charge is 2.52. The van der Waals surface area contributed by atoms with Gasteiger partial charge in [-0.25, -0.2) is 4.31 Å². The van der Waals surface area contributed by atoms with Crippen molar-refractivity contribution in [1.29, 1.82) is 0 Å². The highest BCUT2D eigenvalue weighted by Crippen LogP contribution is 2.54. The summed E-state index contributed by atoms with van der Waals surface area (Å²) in [6, 6.07) is 8.92. The van der Waals surface area contributed by atoms with Crippen LogP contribution in [0.5, 0.6) is 5.75 Å². The Kier molecular flexibility index (Phi) is 6.31. The Hall–Kier alpha value is -1.01. The molecular weight excluding hydrogens is 515 g/mol.